The fraction of sp³-hybridized carbons (Fsp3) is 1.00. The van der Waals surface area contributed by atoms with Crippen molar-refractivity contribution in [2.75, 3.05) is 21.1 Å². The molecule has 3 nitrogen and oxygen atoms in total. The van der Waals surface area contributed by atoms with E-state index in [-0.39, 0.29) is 8.37 Å². The van der Waals surface area contributed by atoms with E-state index in [0.717, 1.165) is 0 Å². The van der Waals surface area contributed by atoms with E-state index in [9.17, 15) is 0 Å². The van der Waals surface area contributed by atoms with Crippen molar-refractivity contribution in [3.8, 4) is 0 Å². The Labute approximate surface area is 45.8 Å². The molecule has 0 saturated heterocycles. The molecule has 0 aliphatic rings. The topological polar surface area (TPSA) is 36.1 Å². The predicted octanol–water partition coefficient (Wildman–Crippen LogP) is -0.129. The third kappa shape index (κ3) is 2.94. The molecule has 0 aliphatic heterocycles. The molecule has 0 aliphatic carbocycles. The quantitative estimate of drug-likeness (QED) is 0.455. The summed E-state index contributed by atoms with van der Waals surface area (Å²) in [5.74, 6) is 0. The molecule has 0 atom stereocenters. The molecule has 4 heteroatoms. The molecular weight excluding hydrogens is 109 g/mol. The lowest BCUT2D eigenvalue weighted by molar-refractivity contribution is 1.07. The molecule has 44 valence electrons. The van der Waals surface area contributed by atoms with E-state index in [1.165, 1.54) is 0 Å². The predicted molar refractivity (Wildman–Crippen MR) is 34.1 cm³/mol. The normalized spacial score (nSPS) is 10.3. The number of hydrogen-bond acceptors (Lipinski definition) is 3. The summed E-state index contributed by atoms with van der Waals surface area (Å²) in [6, 6.07) is 0. The van der Waals surface area contributed by atoms with Gasteiger partial charge in [-0.25, -0.2) is 0 Å². The van der Waals surface area contributed by atoms with E-state index >= 15 is 0 Å². The van der Waals surface area contributed by atoms with Crippen molar-refractivity contribution in [1.29, 1.82) is 0 Å². The van der Waals surface area contributed by atoms with Gasteiger partial charge in [-0.1, -0.05) is 0 Å². The molecule has 0 aromatic heterocycles. The van der Waals surface area contributed by atoms with Gasteiger partial charge in [-0.05, 0) is 21.1 Å². The van der Waals surface area contributed by atoms with Gasteiger partial charge in [-0.15, -0.1) is 0 Å². The summed E-state index contributed by atoms with van der Waals surface area (Å²) < 4.78 is 0. The monoisotopic (exact) mass is 121 g/mol. The Morgan fingerprint density at radius 2 is 1.14 bits per heavy atom. The Morgan fingerprint density at radius 1 is 0.857 bits per heavy atom. The zero-order valence-electron chi connectivity index (χ0n) is 4.95. The summed E-state index contributed by atoms with van der Waals surface area (Å²) in [6.07, 6.45) is 0. The lowest BCUT2D eigenvalue weighted by Crippen LogP contribution is -2.19. The van der Waals surface area contributed by atoms with Gasteiger partial charge in [0.15, 0.2) is 0 Å². The van der Waals surface area contributed by atoms with Crippen LogP contribution in [-0.2, 0) is 0 Å². The Bertz CT molecular complexity index is 31.7. The van der Waals surface area contributed by atoms with Gasteiger partial charge in [0.1, 0.15) is 8.37 Å². The zero-order chi connectivity index (χ0) is 5.70. The van der Waals surface area contributed by atoms with Crippen LogP contribution in [0.3, 0.4) is 0 Å². The van der Waals surface area contributed by atoms with E-state index < -0.39 is 0 Å². The first-order chi connectivity index (χ1) is 3.35. The van der Waals surface area contributed by atoms with Crippen molar-refractivity contribution in [2.45, 2.75) is 0 Å². The van der Waals surface area contributed by atoms with Crippen molar-refractivity contribution < 1.29 is 0 Å². The minimum atomic E-state index is -0.304. The maximum absolute atomic E-state index is 3.04. The van der Waals surface area contributed by atoms with Gasteiger partial charge in [0.25, 0.3) is 0 Å². The van der Waals surface area contributed by atoms with Gasteiger partial charge in [0.2, 0.25) is 0 Å². The van der Waals surface area contributed by atoms with Crippen LogP contribution >= 0.6 is 8.37 Å². The number of hydrogen-bond donors (Lipinski definition) is 3. The van der Waals surface area contributed by atoms with Crippen LogP contribution < -0.4 is 15.3 Å². The molecule has 0 aromatic rings. The minimum Gasteiger partial charge on any atom is -0.274 e. The Kier molecular flexibility index (Phi) is 4.67. The van der Waals surface area contributed by atoms with Gasteiger partial charge < -0.3 is 0 Å². The molecular formula is C3H12N3P. The summed E-state index contributed by atoms with van der Waals surface area (Å²) in [4.78, 5) is 0. The van der Waals surface area contributed by atoms with Gasteiger partial charge >= 0.3 is 0 Å². The van der Waals surface area contributed by atoms with Gasteiger partial charge in [0, 0.05) is 0 Å². The molecule has 0 rings (SSSR count). The molecule has 0 saturated carbocycles. The van der Waals surface area contributed by atoms with Crippen LogP contribution in [0.25, 0.3) is 0 Å². The molecule has 0 fully saturated rings. The summed E-state index contributed by atoms with van der Waals surface area (Å²) in [7, 11) is 5.44. The fourth-order valence-corrected chi connectivity index (χ4v) is 1.01. The molecule has 7 heavy (non-hydrogen) atoms. The molecule has 0 unspecified atom stereocenters. The summed E-state index contributed by atoms with van der Waals surface area (Å²) in [5, 5.41) is 9.13. The first-order valence-electron chi connectivity index (χ1n) is 2.17. The molecule has 0 spiro atoms. The van der Waals surface area contributed by atoms with Crippen molar-refractivity contribution in [2.24, 2.45) is 0 Å². The number of nitrogens with one attached hydrogen (secondary N) is 3. The third-order valence-electron chi connectivity index (χ3n) is 0.671. The Morgan fingerprint density at radius 3 is 1.14 bits per heavy atom. The van der Waals surface area contributed by atoms with E-state index in [1.807, 2.05) is 21.1 Å². The Balaban J connectivity index is 2.99. The van der Waals surface area contributed by atoms with Crippen molar-refractivity contribution in [3.63, 3.8) is 0 Å². The van der Waals surface area contributed by atoms with E-state index in [4.69, 9.17) is 0 Å². The average molecular weight is 121 g/mol. The molecule has 3 N–H and O–H groups in total. The van der Waals surface area contributed by atoms with E-state index in [1.54, 1.807) is 0 Å². The fourth-order valence-electron chi connectivity index (χ4n) is 0.335. The van der Waals surface area contributed by atoms with Crippen molar-refractivity contribution >= 4 is 8.37 Å². The van der Waals surface area contributed by atoms with Crippen molar-refractivity contribution in [1.82, 2.24) is 15.3 Å². The van der Waals surface area contributed by atoms with Gasteiger partial charge in [0.05, 0.1) is 0 Å². The second-order valence-electron chi connectivity index (χ2n) is 1.01. The molecule has 0 amide bonds. The maximum Gasteiger partial charge on any atom is 0.110 e. The smallest absolute Gasteiger partial charge is 0.110 e. The Hall–Kier alpha value is 0.310. The molecule has 0 bridgehead atoms. The third-order valence-corrected chi connectivity index (χ3v) is 2.01. The first kappa shape index (κ1) is 7.31. The van der Waals surface area contributed by atoms with Crippen LogP contribution in [0.5, 0.6) is 0 Å². The second-order valence-corrected chi connectivity index (χ2v) is 3.02. The highest BCUT2D eigenvalue weighted by molar-refractivity contribution is 7.51. The van der Waals surface area contributed by atoms with Crippen LogP contribution in [0.15, 0.2) is 0 Å². The summed E-state index contributed by atoms with van der Waals surface area (Å²) >= 11 is 0. The van der Waals surface area contributed by atoms with Crippen LogP contribution in [-0.4, -0.2) is 21.1 Å². The minimum absolute atomic E-state index is 0.304. The van der Waals surface area contributed by atoms with E-state index in [2.05, 4.69) is 15.3 Å². The largest absolute Gasteiger partial charge is 0.274 e. The highest BCUT2D eigenvalue weighted by Gasteiger charge is 1.91. The van der Waals surface area contributed by atoms with E-state index in [0.29, 0.717) is 0 Å². The molecule has 0 heterocycles. The molecule has 0 aromatic carbocycles. The SMILES string of the molecule is CNP(NC)NC. The first-order valence-corrected chi connectivity index (χ1v) is 3.51. The average Bonchev–Trinajstić information content (AvgIpc) is 1.72. The summed E-state index contributed by atoms with van der Waals surface area (Å²) in [5.41, 5.74) is 0. The lowest BCUT2D eigenvalue weighted by atomic mass is 11.6. The highest BCUT2D eigenvalue weighted by Crippen LogP contribution is 2.12. The van der Waals surface area contributed by atoms with Gasteiger partial charge in [-0.2, -0.15) is 0 Å². The van der Waals surface area contributed by atoms with Crippen LogP contribution in [0, 0.1) is 0 Å². The standard InChI is InChI=1S/C3H12N3P/c1-4-7(5-2)6-3/h4-6H,1-3H3. The summed E-state index contributed by atoms with van der Waals surface area (Å²) in [6.45, 7) is 0. The van der Waals surface area contributed by atoms with Crippen molar-refractivity contribution in [3.05, 3.63) is 0 Å². The van der Waals surface area contributed by atoms with Crippen LogP contribution in [0.1, 0.15) is 0 Å². The molecule has 0 radical (unpaired) electrons. The highest BCUT2D eigenvalue weighted by atomic mass is 31.1. The van der Waals surface area contributed by atoms with Gasteiger partial charge in [-0.3, -0.25) is 15.3 Å². The number of rotatable bonds is 3. The lowest BCUT2D eigenvalue weighted by Gasteiger charge is -2.10. The zero-order valence-corrected chi connectivity index (χ0v) is 5.84. The van der Waals surface area contributed by atoms with Crippen LogP contribution in [0.2, 0.25) is 0 Å². The van der Waals surface area contributed by atoms with Crippen LogP contribution in [0.4, 0.5) is 0 Å². The maximum atomic E-state index is 3.04. The second kappa shape index (κ2) is 4.47.